The van der Waals surface area contributed by atoms with Crippen molar-refractivity contribution in [3.05, 3.63) is 65.7 Å². The maximum absolute atomic E-state index is 12.1. The van der Waals surface area contributed by atoms with E-state index < -0.39 is 11.8 Å². The Morgan fingerprint density at radius 2 is 1.88 bits per heavy atom. The number of nitrogens with zero attached hydrogens (tertiary/aromatic N) is 2. The minimum atomic E-state index is -0.428. The third-order valence-electron chi connectivity index (χ3n) is 3.37. The largest absolute Gasteiger partial charge is 0.465 e. The van der Waals surface area contributed by atoms with Gasteiger partial charge in [-0.15, -0.1) is 0 Å². The fourth-order valence-corrected chi connectivity index (χ4v) is 2.07. The van der Waals surface area contributed by atoms with Crippen LogP contribution >= 0.6 is 0 Å². The van der Waals surface area contributed by atoms with E-state index in [0.29, 0.717) is 11.3 Å². The summed E-state index contributed by atoms with van der Waals surface area (Å²) in [6.07, 6.45) is 1.73. The van der Waals surface area contributed by atoms with Gasteiger partial charge in [-0.2, -0.15) is 10.4 Å². The Morgan fingerprint density at radius 1 is 1.23 bits per heavy atom. The Hall–Kier alpha value is -3.92. The number of carbonyl (C=O) groups excluding carboxylic acids is 1. The first-order valence-electron chi connectivity index (χ1n) is 7.59. The van der Waals surface area contributed by atoms with Crippen LogP contribution < -0.4 is 11.2 Å². The molecule has 0 heterocycles. The zero-order valence-electron chi connectivity index (χ0n) is 14.1. The van der Waals surface area contributed by atoms with Gasteiger partial charge in [0.2, 0.25) is 5.71 Å². The maximum Gasteiger partial charge on any atom is 0.338 e. The molecule has 7 heteroatoms. The summed E-state index contributed by atoms with van der Waals surface area (Å²) in [6, 6.07) is 18.0. The standard InChI is InChI=1S/C19H17N5O2/c1-26-19(25)16(14-5-3-2-4-6-14)11-13-7-9-15(10-8-13)23-24-17(12-20)18(21)22/h2-11,23H,1H3,(H3,21,22)/b16-11?,24-17+. The predicted molar refractivity (Wildman–Crippen MR) is 101 cm³/mol. The fourth-order valence-electron chi connectivity index (χ4n) is 2.07. The van der Waals surface area contributed by atoms with Crippen LogP contribution in [0.5, 0.6) is 0 Å². The van der Waals surface area contributed by atoms with E-state index in [1.54, 1.807) is 36.4 Å². The molecular formula is C19H17N5O2. The molecule has 0 saturated heterocycles. The first-order chi connectivity index (χ1) is 12.5. The number of amidine groups is 1. The molecule has 4 N–H and O–H groups in total. The van der Waals surface area contributed by atoms with Gasteiger partial charge in [0.1, 0.15) is 6.07 Å². The smallest absolute Gasteiger partial charge is 0.338 e. The number of ether oxygens (including phenoxy) is 1. The van der Waals surface area contributed by atoms with Gasteiger partial charge in [0.25, 0.3) is 0 Å². The van der Waals surface area contributed by atoms with Gasteiger partial charge in [-0.1, -0.05) is 42.5 Å². The highest BCUT2D eigenvalue weighted by Gasteiger charge is 2.12. The Balaban J connectivity index is 2.26. The van der Waals surface area contributed by atoms with Crippen molar-refractivity contribution in [3.63, 3.8) is 0 Å². The van der Waals surface area contributed by atoms with E-state index in [-0.39, 0.29) is 5.71 Å². The normalized spacial score (nSPS) is 11.4. The van der Waals surface area contributed by atoms with E-state index in [9.17, 15) is 4.79 Å². The number of anilines is 1. The van der Waals surface area contributed by atoms with Crippen LogP contribution in [0, 0.1) is 16.7 Å². The van der Waals surface area contributed by atoms with Gasteiger partial charge < -0.3 is 10.5 Å². The lowest BCUT2D eigenvalue weighted by molar-refractivity contribution is -0.133. The second-order valence-electron chi connectivity index (χ2n) is 5.14. The lowest BCUT2D eigenvalue weighted by Crippen LogP contribution is -2.21. The molecule has 26 heavy (non-hydrogen) atoms. The molecule has 0 aliphatic carbocycles. The van der Waals surface area contributed by atoms with E-state index in [4.69, 9.17) is 21.1 Å². The fraction of sp³-hybridized carbons (Fsp3) is 0.0526. The first-order valence-corrected chi connectivity index (χ1v) is 7.59. The van der Waals surface area contributed by atoms with Crippen molar-refractivity contribution in [2.24, 2.45) is 10.8 Å². The van der Waals surface area contributed by atoms with Gasteiger partial charge in [-0.3, -0.25) is 10.8 Å². The summed E-state index contributed by atoms with van der Waals surface area (Å²) in [6.45, 7) is 0. The van der Waals surface area contributed by atoms with Crippen LogP contribution in [0.4, 0.5) is 5.69 Å². The minimum absolute atomic E-state index is 0.203. The molecule has 0 fully saturated rings. The second kappa shape index (κ2) is 8.80. The predicted octanol–water partition coefficient (Wildman–Crippen LogP) is 2.63. The van der Waals surface area contributed by atoms with Gasteiger partial charge in [0, 0.05) is 0 Å². The lowest BCUT2D eigenvalue weighted by atomic mass is 10.0. The molecule has 0 spiro atoms. The van der Waals surface area contributed by atoms with Crippen LogP contribution in [0.3, 0.4) is 0 Å². The molecule has 0 bridgehead atoms. The van der Waals surface area contributed by atoms with E-state index >= 15 is 0 Å². The van der Waals surface area contributed by atoms with Crippen LogP contribution in [0.2, 0.25) is 0 Å². The topological polar surface area (TPSA) is 124 Å². The van der Waals surface area contributed by atoms with Gasteiger partial charge in [0.15, 0.2) is 5.84 Å². The Labute approximate surface area is 150 Å². The van der Waals surface area contributed by atoms with Crippen molar-refractivity contribution >= 4 is 34.9 Å². The number of hydrogen-bond donors (Lipinski definition) is 3. The molecule has 0 aromatic heterocycles. The zero-order valence-corrected chi connectivity index (χ0v) is 14.1. The quantitative estimate of drug-likeness (QED) is 0.185. The molecule has 0 atom stereocenters. The lowest BCUT2D eigenvalue weighted by Gasteiger charge is -2.07. The number of hydrazone groups is 1. The molecule has 2 rings (SSSR count). The molecule has 0 amide bonds. The summed E-state index contributed by atoms with van der Waals surface area (Å²) in [5.74, 6) is -0.840. The van der Waals surface area contributed by atoms with Gasteiger partial charge in [-0.05, 0) is 29.3 Å². The Kier molecular flexibility index (Phi) is 6.23. The highest BCUT2D eigenvalue weighted by Crippen LogP contribution is 2.20. The summed E-state index contributed by atoms with van der Waals surface area (Å²) < 4.78 is 4.86. The number of rotatable bonds is 6. The molecule has 0 aliphatic heterocycles. The summed E-state index contributed by atoms with van der Waals surface area (Å²) in [5, 5.41) is 19.8. The number of esters is 1. The number of nitriles is 1. The van der Waals surface area contributed by atoms with E-state index in [1.165, 1.54) is 7.11 Å². The van der Waals surface area contributed by atoms with Crippen LogP contribution in [0.1, 0.15) is 11.1 Å². The zero-order chi connectivity index (χ0) is 18.9. The Morgan fingerprint density at radius 3 is 2.42 bits per heavy atom. The number of carbonyl (C=O) groups is 1. The van der Waals surface area contributed by atoms with Crippen molar-refractivity contribution in [2.45, 2.75) is 0 Å². The summed E-state index contributed by atoms with van der Waals surface area (Å²) in [5.41, 5.74) is 10.3. The van der Waals surface area contributed by atoms with Crippen LogP contribution in [-0.4, -0.2) is 24.6 Å². The van der Waals surface area contributed by atoms with Crippen molar-refractivity contribution in [1.82, 2.24) is 0 Å². The van der Waals surface area contributed by atoms with E-state index in [2.05, 4.69) is 10.5 Å². The van der Waals surface area contributed by atoms with Gasteiger partial charge in [-0.25, -0.2) is 4.79 Å². The van der Waals surface area contributed by atoms with Crippen molar-refractivity contribution in [2.75, 3.05) is 12.5 Å². The van der Waals surface area contributed by atoms with Crippen LogP contribution in [0.25, 0.3) is 11.6 Å². The molecule has 2 aromatic rings. The number of nitrogens with two attached hydrogens (primary N) is 1. The highest BCUT2D eigenvalue weighted by molar-refractivity contribution is 6.45. The van der Waals surface area contributed by atoms with Crippen LogP contribution in [-0.2, 0) is 9.53 Å². The summed E-state index contributed by atoms with van der Waals surface area (Å²) >= 11 is 0. The number of benzene rings is 2. The number of methoxy groups -OCH3 is 1. The SMILES string of the molecule is COC(=O)C(=Cc1ccc(N/N=C(\C#N)C(=N)N)cc1)c1ccccc1. The van der Waals surface area contributed by atoms with Crippen molar-refractivity contribution < 1.29 is 9.53 Å². The van der Waals surface area contributed by atoms with Gasteiger partial charge in [0.05, 0.1) is 18.4 Å². The Bertz CT molecular complexity index is 894. The van der Waals surface area contributed by atoms with Crippen molar-refractivity contribution in [1.29, 1.82) is 10.7 Å². The summed E-state index contributed by atoms with van der Waals surface area (Å²) in [7, 11) is 1.34. The van der Waals surface area contributed by atoms with E-state index in [0.717, 1.165) is 11.1 Å². The third kappa shape index (κ3) is 4.79. The molecule has 0 aliphatic rings. The monoisotopic (exact) mass is 347 g/mol. The average molecular weight is 347 g/mol. The maximum atomic E-state index is 12.1. The number of nitrogens with one attached hydrogen (secondary N) is 2. The highest BCUT2D eigenvalue weighted by atomic mass is 16.5. The first kappa shape index (κ1) is 18.4. The molecule has 0 saturated carbocycles. The summed E-state index contributed by atoms with van der Waals surface area (Å²) in [4.78, 5) is 12.1. The molecule has 2 aromatic carbocycles. The third-order valence-corrected chi connectivity index (χ3v) is 3.37. The number of hydrogen-bond acceptors (Lipinski definition) is 6. The molecule has 0 unspecified atom stereocenters. The second-order valence-corrected chi connectivity index (χ2v) is 5.14. The van der Waals surface area contributed by atoms with Gasteiger partial charge >= 0.3 is 5.97 Å². The molecule has 130 valence electrons. The molecule has 7 nitrogen and oxygen atoms in total. The van der Waals surface area contributed by atoms with Crippen molar-refractivity contribution in [3.8, 4) is 6.07 Å². The molecular weight excluding hydrogens is 330 g/mol. The molecule has 0 radical (unpaired) electrons. The minimum Gasteiger partial charge on any atom is -0.465 e. The van der Waals surface area contributed by atoms with E-state index in [1.807, 2.05) is 30.3 Å². The average Bonchev–Trinajstić information content (AvgIpc) is 2.67. The van der Waals surface area contributed by atoms with Crippen LogP contribution in [0.15, 0.2) is 59.7 Å².